The van der Waals surface area contributed by atoms with Gasteiger partial charge in [-0.2, -0.15) is 0 Å². The molecule has 0 atom stereocenters. The van der Waals surface area contributed by atoms with Crippen molar-refractivity contribution in [2.24, 2.45) is 11.7 Å². The van der Waals surface area contributed by atoms with Crippen molar-refractivity contribution in [1.82, 2.24) is 4.90 Å². The summed E-state index contributed by atoms with van der Waals surface area (Å²) < 4.78 is 0. The van der Waals surface area contributed by atoms with Crippen LogP contribution in [0.1, 0.15) is 50.5 Å². The summed E-state index contributed by atoms with van der Waals surface area (Å²) in [5, 5.41) is 0. The maximum absolute atomic E-state index is 12.6. The Morgan fingerprint density at radius 3 is 2.41 bits per heavy atom. The zero-order valence-electron chi connectivity index (χ0n) is 13.5. The smallest absolute Gasteiger partial charge is 0.242 e. The van der Waals surface area contributed by atoms with Gasteiger partial charge in [-0.15, -0.1) is 0 Å². The number of amides is 1. The van der Waals surface area contributed by atoms with Crippen molar-refractivity contribution < 1.29 is 4.79 Å². The molecule has 2 aliphatic rings. The number of carbonyl (C=O) groups is 1. The van der Waals surface area contributed by atoms with Crippen LogP contribution >= 0.6 is 0 Å². The minimum Gasteiger partial charge on any atom is -0.341 e. The number of carbonyl (C=O) groups excluding carboxylic acids is 1. The third-order valence-corrected chi connectivity index (χ3v) is 5.51. The molecule has 1 amide bonds. The normalized spacial score (nSPS) is 22.0. The van der Waals surface area contributed by atoms with Crippen molar-refractivity contribution in [2.75, 3.05) is 13.1 Å². The van der Waals surface area contributed by atoms with E-state index < -0.39 is 5.54 Å². The molecule has 3 heteroatoms. The summed E-state index contributed by atoms with van der Waals surface area (Å²) >= 11 is 0. The minimum atomic E-state index is -0.545. The fourth-order valence-corrected chi connectivity index (χ4v) is 3.97. The summed E-state index contributed by atoms with van der Waals surface area (Å²) in [6, 6.07) is 10.7. The van der Waals surface area contributed by atoms with Crippen LogP contribution in [0, 0.1) is 5.92 Å². The number of rotatable bonds is 4. The molecule has 1 aliphatic heterocycles. The van der Waals surface area contributed by atoms with Gasteiger partial charge in [0, 0.05) is 13.1 Å². The summed E-state index contributed by atoms with van der Waals surface area (Å²) in [5.74, 6) is 0.966. The van der Waals surface area contributed by atoms with Gasteiger partial charge in [0.25, 0.3) is 0 Å². The first-order chi connectivity index (χ1) is 10.7. The van der Waals surface area contributed by atoms with Crippen molar-refractivity contribution >= 4 is 5.91 Å². The van der Waals surface area contributed by atoms with E-state index in [-0.39, 0.29) is 5.91 Å². The second-order valence-electron chi connectivity index (χ2n) is 7.12. The van der Waals surface area contributed by atoms with Gasteiger partial charge in [0.15, 0.2) is 0 Å². The third kappa shape index (κ3) is 3.52. The van der Waals surface area contributed by atoms with Crippen LogP contribution in [0.3, 0.4) is 0 Å². The Labute approximate surface area is 133 Å². The molecule has 1 aromatic rings. The Hall–Kier alpha value is -1.35. The molecule has 1 saturated heterocycles. The molecule has 120 valence electrons. The molecule has 22 heavy (non-hydrogen) atoms. The van der Waals surface area contributed by atoms with Crippen LogP contribution < -0.4 is 5.73 Å². The highest BCUT2D eigenvalue weighted by molar-refractivity contribution is 5.86. The number of likely N-dealkylation sites (tertiary alicyclic amines) is 1. The SMILES string of the molecule is NC1(C(=O)N2CCC(CCc3ccccc3)CC2)CCCC1. The number of hydrogen-bond donors (Lipinski definition) is 1. The molecule has 0 unspecified atom stereocenters. The third-order valence-electron chi connectivity index (χ3n) is 5.51. The topological polar surface area (TPSA) is 46.3 Å². The van der Waals surface area contributed by atoms with Crippen molar-refractivity contribution in [3.05, 3.63) is 35.9 Å². The van der Waals surface area contributed by atoms with E-state index in [0.717, 1.165) is 64.0 Å². The predicted molar refractivity (Wildman–Crippen MR) is 89.5 cm³/mol. The molecule has 2 fully saturated rings. The van der Waals surface area contributed by atoms with E-state index in [9.17, 15) is 4.79 Å². The maximum Gasteiger partial charge on any atom is 0.242 e. The molecule has 0 bridgehead atoms. The lowest BCUT2D eigenvalue weighted by atomic mass is 9.89. The Morgan fingerprint density at radius 1 is 1.14 bits per heavy atom. The van der Waals surface area contributed by atoms with Gasteiger partial charge in [-0.3, -0.25) is 4.79 Å². The van der Waals surface area contributed by atoms with Gasteiger partial charge in [-0.25, -0.2) is 0 Å². The standard InChI is InChI=1S/C19H28N2O/c20-19(12-4-5-13-19)18(22)21-14-10-17(11-15-21)9-8-16-6-2-1-3-7-16/h1-3,6-7,17H,4-5,8-15,20H2. The van der Waals surface area contributed by atoms with Crippen LogP contribution in [-0.4, -0.2) is 29.4 Å². The van der Waals surface area contributed by atoms with Crippen molar-refractivity contribution in [3.63, 3.8) is 0 Å². The molecule has 2 N–H and O–H groups in total. The Bertz CT molecular complexity index is 485. The summed E-state index contributed by atoms with van der Waals surface area (Å²) in [4.78, 5) is 14.6. The Morgan fingerprint density at radius 2 is 1.77 bits per heavy atom. The first-order valence-corrected chi connectivity index (χ1v) is 8.79. The fourth-order valence-electron chi connectivity index (χ4n) is 3.97. The number of benzene rings is 1. The maximum atomic E-state index is 12.6. The fraction of sp³-hybridized carbons (Fsp3) is 0.632. The largest absolute Gasteiger partial charge is 0.341 e. The quantitative estimate of drug-likeness (QED) is 0.928. The van der Waals surface area contributed by atoms with Crippen LogP contribution in [0.15, 0.2) is 30.3 Å². The average Bonchev–Trinajstić information content (AvgIpc) is 3.02. The van der Waals surface area contributed by atoms with Gasteiger partial charge in [-0.05, 0) is 50.0 Å². The highest BCUT2D eigenvalue weighted by Gasteiger charge is 2.40. The molecule has 1 aliphatic carbocycles. The van der Waals surface area contributed by atoms with E-state index in [1.165, 1.54) is 12.0 Å². The predicted octanol–water partition coefficient (Wildman–Crippen LogP) is 3.13. The summed E-state index contributed by atoms with van der Waals surface area (Å²) in [6.07, 6.45) is 8.62. The first-order valence-electron chi connectivity index (χ1n) is 8.79. The first kappa shape index (κ1) is 15.5. The van der Waals surface area contributed by atoms with Gasteiger partial charge in [0.2, 0.25) is 5.91 Å². The molecule has 3 nitrogen and oxygen atoms in total. The lowest BCUT2D eigenvalue weighted by Crippen LogP contribution is -2.55. The van der Waals surface area contributed by atoms with E-state index >= 15 is 0 Å². The van der Waals surface area contributed by atoms with Crippen LogP contribution in [0.5, 0.6) is 0 Å². The molecule has 1 heterocycles. The Kier molecular flexibility index (Phi) is 4.82. The van der Waals surface area contributed by atoms with Crippen LogP contribution in [-0.2, 0) is 11.2 Å². The number of hydrogen-bond acceptors (Lipinski definition) is 2. The number of piperidine rings is 1. The molecule has 1 saturated carbocycles. The number of nitrogens with two attached hydrogens (primary N) is 1. The summed E-state index contributed by atoms with van der Waals surface area (Å²) in [7, 11) is 0. The van der Waals surface area contributed by atoms with Gasteiger partial charge < -0.3 is 10.6 Å². The van der Waals surface area contributed by atoms with Gasteiger partial charge in [-0.1, -0.05) is 43.2 Å². The lowest BCUT2D eigenvalue weighted by Gasteiger charge is -2.36. The monoisotopic (exact) mass is 300 g/mol. The highest BCUT2D eigenvalue weighted by atomic mass is 16.2. The second kappa shape index (κ2) is 6.82. The Balaban J connectivity index is 1.45. The zero-order valence-corrected chi connectivity index (χ0v) is 13.5. The van der Waals surface area contributed by atoms with E-state index in [0.29, 0.717) is 0 Å². The van der Waals surface area contributed by atoms with Crippen molar-refractivity contribution in [2.45, 2.75) is 56.9 Å². The van der Waals surface area contributed by atoms with E-state index in [1.807, 2.05) is 4.90 Å². The van der Waals surface area contributed by atoms with Crippen molar-refractivity contribution in [3.8, 4) is 0 Å². The molecular formula is C19H28N2O. The second-order valence-corrected chi connectivity index (χ2v) is 7.12. The molecule has 0 spiro atoms. The van der Waals surface area contributed by atoms with E-state index in [1.54, 1.807) is 0 Å². The number of aryl methyl sites for hydroxylation is 1. The molecule has 3 rings (SSSR count). The molecule has 0 aromatic heterocycles. The summed E-state index contributed by atoms with van der Waals surface area (Å²) in [5.41, 5.74) is 7.19. The molecular weight excluding hydrogens is 272 g/mol. The van der Waals surface area contributed by atoms with E-state index in [2.05, 4.69) is 30.3 Å². The lowest BCUT2D eigenvalue weighted by molar-refractivity contribution is -0.138. The zero-order chi connectivity index (χ0) is 15.4. The van der Waals surface area contributed by atoms with Gasteiger partial charge in [0.1, 0.15) is 0 Å². The van der Waals surface area contributed by atoms with E-state index in [4.69, 9.17) is 5.73 Å². The summed E-state index contributed by atoms with van der Waals surface area (Å²) in [6.45, 7) is 1.80. The number of nitrogens with zero attached hydrogens (tertiary/aromatic N) is 1. The van der Waals surface area contributed by atoms with Gasteiger partial charge >= 0.3 is 0 Å². The average molecular weight is 300 g/mol. The minimum absolute atomic E-state index is 0.214. The van der Waals surface area contributed by atoms with Crippen molar-refractivity contribution in [1.29, 1.82) is 0 Å². The highest BCUT2D eigenvalue weighted by Crippen LogP contribution is 2.31. The van der Waals surface area contributed by atoms with Crippen LogP contribution in [0.2, 0.25) is 0 Å². The molecule has 0 radical (unpaired) electrons. The van der Waals surface area contributed by atoms with Gasteiger partial charge in [0.05, 0.1) is 5.54 Å². The van der Waals surface area contributed by atoms with Crippen LogP contribution in [0.4, 0.5) is 0 Å². The molecule has 1 aromatic carbocycles. The van der Waals surface area contributed by atoms with Crippen LogP contribution in [0.25, 0.3) is 0 Å².